The molecule has 2 N–H and O–H groups in total. The van der Waals surface area contributed by atoms with Gasteiger partial charge in [0.2, 0.25) is 5.91 Å². The van der Waals surface area contributed by atoms with Gasteiger partial charge in [0, 0.05) is 6.20 Å². The minimum Gasteiger partial charge on any atom is -0.479 e. The van der Waals surface area contributed by atoms with Crippen LogP contribution < -0.4 is 15.0 Å². The third kappa shape index (κ3) is 3.42. The van der Waals surface area contributed by atoms with Crippen LogP contribution in [0.1, 0.15) is 17.3 Å². The molecule has 2 amide bonds. The predicted molar refractivity (Wildman–Crippen MR) is 88.7 cm³/mol. The molecule has 1 atom stereocenters. The van der Waals surface area contributed by atoms with Crippen molar-refractivity contribution in [2.75, 3.05) is 16.8 Å². The van der Waals surface area contributed by atoms with Gasteiger partial charge in [-0.15, -0.1) is 0 Å². The fraction of sp³-hybridized carbons (Fsp3) is 0.176. The highest BCUT2D eigenvalue weighted by Crippen LogP contribution is 2.34. The molecule has 3 rings (SSSR count). The third-order valence-corrected chi connectivity index (χ3v) is 3.65. The van der Waals surface area contributed by atoms with E-state index in [1.54, 1.807) is 31.3 Å². The molecule has 1 aliphatic rings. The molecule has 0 saturated carbocycles. The number of ether oxygens (including phenoxy) is 1. The van der Waals surface area contributed by atoms with Crippen LogP contribution in [0.3, 0.4) is 0 Å². The summed E-state index contributed by atoms with van der Waals surface area (Å²) < 4.78 is 5.47. The summed E-state index contributed by atoms with van der Waals surface area (Å²) in [6.45, 7) is 1.31. The summed E-state index contributed by atoms with van der Waals surface area (Å²) >= 11 is 0. The molecule has 25 heavy (non-hydrogen) atoms. The van der Waals surface area contributed by atoms with E-state index in [0.29, 0.717) is 11.5 Å². The molecule has 0 fully saturated rings. The molecule has 8 nitrogen and oxygen atoms in total. The van der Waals surface area contributed by atoms with Gasteiger partial charge in [0.1, 0.15) is 18.1 Å². The molecule has 1 unspecified atom stereocenters. The summed E-state index contributed by atoms with van der Waals surface area (Å²) in [5, 5.41) is 11.7. The van der Waals surface area contributed by atoms with Crippen LogP contribution in [0.15, 0.2) is 42.6 Å². The van der Waals surface area contributed by atoms with Gasteiger partial charge < -0.3 is 15.2 Å². The van der Waals surface area contributed by atoms with E-state index in [9.17, 15) is 14.4 Å². The van der Waals surface area contributed by atoms with E-state index < -0.39 is 18.0 Å². The fourth-order valence-electron chi connectivity index (χ4n) is 2.47. The number of fused-ring (bicyclic) bond motifs is 1. The molecule has 1 aliphatic heterocycles. The van der Waals surface area contributed by atoms with Crippen LogP contribution in [0.5, 0.6) is 5.75 Å². The van der Waals surface area contributed by atoms with E-state index in [1.807, 2.05) is 0 Å². The number of aromatic carboxylic acids is 1. The summed E-state index contributed by atoms with van der Waals surface area (Å²) in [5.41, 5.74) is 0.391. The number of aromatic nitrogens is 1. The number of rotatable bonds is 4. The Morgan fingerprint density at radius 3 is 2.80 bits per heavy atom. The van der Waals surface area contributed by atoms with Crippen molar-refractivity contribution in [1.29, 1.82) is 0 Å². The molecule has 0 radical (unpaired) electrons. The van der Waals surface area contributed by atoms with Crippen molar-refractivity contribution in [1.82, 2.24) is 4.98 Å². The minimum absolute atomic E-state index is 0.0400. The number of nitrogens with one attached hydrogen (secondary N) is 1. The highest BCUT2D eigenvalue weighted by atomic mass is 16.5. The highest BCUT2D eigenvalue weighted by molar-refractivity contribution is 6.06. The van der Waals surface area contributed by atoms with Crippen LogP contribution >= 0.6 is 0 Å². The number of pyridine rings is 1. The summed E-state index contributed by atoms with van der Waals surface area (Å²) in [6, 6.07) is 9.24. The summed E-state index contributed by atoms with van der Waals surface area (Å²) in [4.78, 5) is 41.0. The summed E-state index contributed by atoms with van der Waals surface area (Å²) in [5.74, 6) is -1.28. The van der Waals surface area contributed by atoms with Gasteiger partial charge in [-0.25, -0.2) is 9.78 Å². The first-order chi connectivity index (χ1) is 12.0. The van der Waals surface area contributed by atoms with E-state index in [0.717, 1.165) is 0 Å². The van der Waals surface area contributed by atoms with Crippen molar-refractivity contribution in [2.45, 2.75) is 13.0 Å². The van der Waals surface area contributed by atoms with Gasteiger partial charge in [-0.2, -0.15) is 0 Å². The largest absolute Gasteiger partial charge is 0.479 e. The zero-order chi connectivity index (χ0) is 18.0. The van der Waals surface area contributed by atoms with Crippen molar-refractivity contribution < 1.29 is 24.2 Å². The number of anilines is 2. The van der Waals surface area contributed by atoms with Gasteiger partial charge in [0.25, 0.3) is 5.91 Å². The molecule has 2 aromatic rings. The lowest BCUT2D eigenvalue weighted by Gasteiger charge is -2.32. The molecular weight excluding hydrogens is 326 g/mol. The molecule has 2 heterocycles. The third-order valence-electron chi connectivity index (χ3n) is 3.65. The Bertz CT molecular complexity index is 837. The molecule has 128 valence electrons. The first kappa shape index (κ1) is 16.4. The number of carbonyl (C=O) groups is 3. The SMILES string of the molecule is CC1Oc2cc(C(=O)O)ccc2N(CC(=O)Nc2ccccn2)C1=O. The number of carbonyl (C=O) groups excluding carboxylic acids is 2. The highest BCUT2D eigenvalue weighted by Gasteiger charge is 2.33. The molecule has 0 bridgehead atoms. The number of benzene rings is 1. The van der Waals surface area contributed by atoms with Crippen LogP contribution in [0.4, 0.5) is 11.5 Å². The Morgan fingerprint density at radius 1 is 1.32 bits per heavy atom. The maximum absolute atomic E-state index is 12.4. The van der Waals surface area contributed by atoms with Crippen molar-refractivity contribution in [2.24, 2.45) is 0 Å². The normalized spacial score (nSPS) is 16.0. The van der Waals surface area contributed by atoms with Gasteiger partial charge in [0.05, 0.1) is 11.3 Å². The van der Waals surface area contributed by atoms with E-state index in [2.05, 4.69) is 10.3 Å². The number of carboxylic acid groups (broad SMARTS) is 1. The Labute approximate surface area is 143 Å². The number of amides is 2. The molecule has 0 saturated heterocycles. The molecule has 0 spiro atoms. The number of carboxylic acids is 1. The average Bonchev–Trinajstić information content (AvgIpc) is 2.59. The fourth-order valence-corrected chi connectivity index (χ4v) is 2.47. The summed E-state index contributed by atoms with van der Waals surface area (Å²) in [6.07, 6.45) is 0.722. The van der Waals surface area contributed by atoms with Crippen molar-refractivity contribution in [3.8, 4) is 5.75 Å². The van der Waals surface area contributed by atoms with Crippen LogP contribution in [0, 0.1) is 0 Å². The molecular formula is C17H15N3O5. The molecule has 8 heteroatoms. The predicted octanol–water partition coefficient (Wildman–Crippen LogP) is 1.53. The lowest BCUT2D eigenvalue weighted by atomic mass is 10.1. The zero-order valence-electron chi connectivity index (χ0n) is 13.3. The van der Waals surface area contributed by atoms with Crippen molar-refractivity contribution >= 4 is 29.3 Å². The van der Waals surface area contributed by atoms with Crippen molar-refractivity contribution in [3.05, 3.63) is 48.2 Å². The van der Waals surface area contributed by atoms with Gasteiger partial charge in [-0.3, -0.25) is 14.5 Å². The first-order valence-corrected chi connectivity index (χ1v) is 7.52. The lowest BCUT2D eigenvalue weighted by Crippen LogP contribution is -2.47. The smallest absolute Gasteiger partial charge is 0.335 e. The van der Waals surface area contributed by atoms with Crippen LogP contribution in [-0.2, 0) is 9.59 Å². The average molecular weight is 341 g/mol. The quantitative estimate of drug-likeness (QED) is 0.873. The Morgan fingerprint density at radius 2 is 2.12 bits per heavy atom. The Balaban J connectivity index is 1.84. The maximum atomic E-state index is 12.4. The van der Waals surface area contributed by atoms with Gasteiger partial charge in [-0.05, 0) is 37.3 Å². The Kier molecular flexibility index (Phi) is 4.34. The van der Waals surface area contributed by atoms with E-state index in [1.165, 1.54) is 23.1 Å². The molecule has 0 aliphatic carbocycles. The van der Waals surface area contributed by atoms with Gasteiger partial charge >= 0.3 is 5.97 Å². The van der Waals surface area contributed by atoms with Crippen molar-refractivity contribution in [3.63, 3.8) is 0 Å². The number of hydrogen-bond acceptors (Lipinski definition) is 5. The number of nitrogens with zero attached hydrogens (tertiary/aromatic N) is 2. The Hall–Kier alpha value is -3.42. The topological polar surface area (TPSA) is 109 Å². The first-order valence-electron chi connectivity index (χ1n) is 7.52. The maximum Gasteiger partial charge on any atom is 0.335 e. The van der Waals surface area contributed by atoms with E-state index in [-0.39, 0.29) is 23.8 Å². The van der Waals surface area contributed by atoms with Crippen LogP contribution in [-0.4, -0.2) is 40.5 Å². The standard InChI is InChI=1S/C17H15N3O5/c1-10-16(22)20(9-15(21)19-14-4-2-3-7-18-14)12-6-5-11(17(23)24)8-13(12)25-10/h2-8,10H,9H2,1H3,(H,23,24)(H,18,19,21). The summed E-state index contributed by atoms with van der Waals surface area (Å²) in [7, 11) is 0. The van der Waals surface area contributed by atoms with Crippen LogP contribution in [0.2, 0.25) is 0 Å². The van der Waals surface area contributed by atoms with Gasteiger partial charge in [-0.1, -0.05) is 6.07 Å². The monoisotopic (exact) mass is 341 g/mol. The second kappa shape index (κ2) is 6.60. The van der Waals surface area contributed by atoms with Gasteiger partial charge in [0.15, 0.2) is 6.10 Å². The van der Waals surface area contributed by atoms with E-state index >= 15 is 0 Å². The zero-order valence-corrected chi connectivity index (χ0v) is 13.3. The number of hydrogen-bond donors (Lipinski definition) is 2. The van der Waals surface area contributed by atoms with E-state index in [4.69, 9.17) is 9.84 Å². The molecule has 1 aromatic carbocycles. The lowest BCUT2D eigenvalue weighted by molar-refractivity contribution is -0.127. The molecule has 1 aromatic heterocycles. The second-order valence-electron chi connectivity index (χ2n) is 5.44. The van der Waals surface area contributed by atoms with Crippen LogP contribution in [0.25, 0.3) is 0 Å². The minimum atomic E-state index is -1.10. The second-order valence-corrected chi connectivity index (χ2v) is 5.44.